The number of benzene rings is 3. The number of carboxylic acid groups (broad SMARTS) is 1. The van der Waals surface area contributed by atoms with Crippen molar-refractivity contribution in [2.24, 2.45) is 0 Å². The lowest BCUT2D eigenvalue weighted by Crippen LogP contribution is -2.02. The Morgan fingerprint density at radius 2 is 1.66 bits per heavy atom. The van der Waals surface area contributed by atoms with Crippen LogP contribution in [0.25, 0.3) is 27.4 Å². The summed E-state index contributed by atoms with van der Waals surface area (Å²) in [4.78, 5) is 11.9. The molecule has 0 radical (unpaired) electrons. The van der Waals surface area contributed by atoms with Crippen molar-refractivity contribution in [1.29, 1.82) is 0 Å². The van der Waals surface area contributed by atoms with Gasteiger partial charge in [0.25, 0.3) is 0 Å². The molecule has 1 N–H and O–H groups in total. The number of hydrogen-bond donors (Lipinski definition) is 1. The van der Waals surface area contributed by atoms with E-state index < -0.39 is 15.8 Å². The largest absolute Gasteiger partial charge is 0.495 e. The maximum absolute atomic E-state index is 11.7. The van der Waals surface area contributed by atoms with Crippen LogP contribution in [0, 0.1) is 0 Å². The van der Waals surface area contributed by atoms with E-state index in [4.69, 9.17) is 16.3 Å². The normalized spacial score (nSPS) is 11.8. The molecule has 0 saturated heterocycles. The Morgan fingerprint density at radius 3 is 2.24 bits per heavy atom. The molecular weight excluding hydrogens is 416 g/mol. The van der Waals surface area contributed by atoms with Gasteiger partial charge in [-0.2, -0.15) is 5.10 Å². The Hall–Kier alpha value is -3.10. The second-order valence-electron chi connectivity index (χ2n) is 6.47. The fourth-order valence-corrected chi connectivity index (χ4v) is 4.23. The molecule has 1 aromatic heterocycles. The van der Waals surface area contributed by atoms with E-state index in [2.05, 4.69) is 5.10 Å². The van der Waals surface area contributed by atoms with Crippen molar-refractivity contribution in [1.82, 2.24) is 9.78 Å². The number of carboxylic acids is 1. The molecule has 9 heteroatoms. The van der Waals surface area contributed by atoms with Gasteiger partial charge in [0, 0.05) is 22.4 Å². The topological polar surface area (TPSA) is 98.5 Å². The number of aromatic carboxylic acids is 1. The quantitative estimate of drug-likeness (QED) is 0.526. The van der Waals surface area contributed by atoms with Crippen LogP contribution in [-0.4, -0.2) is 42.6 Å². The Morgan fingerprint density at radius 1 is 1.03 bits per heavy atom. The third-order valence-electron chi connectivity index (χ3n) is 4.67. The van der Waals surface area contributed by atoms with Crippen molar-refractivity contribution in [2.75, 3.05) is 13.4 Å². The molecule has 0 aliphatic rings. The zero-order valence-corrected chi connectivity index (χ0v) is 17.0. The molecule has 7 nitrogen and oxygen atoms in total. The van der Waals surface area contributed by atoms with Crippen molar-refractivity contribution < 1.29 is 23.1 Å². The summed E-state index contributed by atoms with van der Waals surface area (Å²) in [6.45, 7) is 0. The smallest absolute Gasteiger partial charge is 0.357 e. The van der Waals surface area contributed by atoms with E-state index in [1.54, 1.807) is 36.4 Å². The van der Waals surface area contributed by atoms with E-state index >= 15 is 0 Å². The first kappa shape index (κ1) is 19.2. The summed E-state index contributed by atoms with van der Waals surface area (Å²) in [5.74, 6) is -0.666. The number of hydrogen-bond acceptors (Lipinski definition) is 5. The van der Waals surface area contributed by atoms with Crippen LogP contribution in [0.3, 0.4) is 0 Å². The highest BCUT2D eigenvalue weighted by atomic mass is 35.5. The Balaban J connectivity index is 2.07. The summed E-state index contributed by atoms with van der Waals surface area (Å²) in [6.07, 6.45) is 1.12. The molecule has 0 spiro atoms. The van der Waals surface area contributed by atoms with Crippen LogP contribution < -0.4 is 4.74 Å². The van der Waals surface area contributed by atoms with Crippen LogP contribution in [0.2, 0.25) is 5.02 Å². The molecule has 3 aromatic carbocycles. The third-order valence-corrected chi connectivity index (χ3v) is 6.19. The summed E-state index contributed by atoms with van der Waals surface area (Å²) in [5.41, 5.74) is 0.965. The van der Waals surface area contributed by atoms with Gasteiger partial charge in [0.2, 0.25) is 0 Å². The van der Waals surface area contributed by atoms with E-state index in [0.717, 1.165) is 6.26 Å². The minimum Gasteiger partial charge on any atom is -0.495 e. The van der Waals surface area contributed by atoms with Crippen molar-refractivity contribution >= 4 is 49.1 Å². The predicted molar refractivity (Wildman–Crippen MR) is 110 cm³/mol. The average molecular weight is 431 g/mol. The molecule has 0 unspecified atom stereocenters. The number of ether oxygens (including phenoxy) is 1. The van der Waals surface area contributed by atoms with Gasteiger partial charge >= 0.3 is 5.97 Å². The summed E-state index contributed by atoms with van der Waals surface area (Å²) in [6, 6.07) is 13.0. The van der Waals surface area contributed by atoms with Crippen molar-refractivity contribution in [3.8, 4) is 11.4 Å². The lowest BCUT2D eigenvalue weighted by molar-refractivity contribution is 0.0692. The van der Waals surface area contributed by atoms with Crippen molar-refractivity contribution in [2.45, 2.75) is 4.90 Å². The summed E-state index contributed by atoms with van der Waals surface area (Å²) < 4.78 is 30.2. The second-order valence-corrected chi connectivity index (χ2v) is 8.86. The molecule has 148 valence electrons. The van der Waals surface area contributed by atoms with Crippen LogP contribution in [-0.2, 0) is 9.84 Å². The molecule has 0 saturated carbocycles. The van der Waals surface area contributed by atoms with Gasteiger partial charge < -0.3 is 9.84 Å². The van der Waals surface area contributed by atoms with Crippen LogP contribution in [0.4, 0.5) is 0 Å². The fraction of sp³-hybridized carbons (Fsp3) is 0.100. The van der Waals surface area contributed by atoms with Crippen molar-refractivity contribution in [3.63, 3.8) is 0 Å². The minimum absolute atomic E-state index is 0.110. The summed E-state index contributed by atoms with van der Waals surface area (Å²) >= 11 is 6.44. The Kier molecular flexibility index (Phi) is 4.48. The molecular formula is C20H15ClN2O5S. The maximum atomic E-state index is 11.7. The van der Waals surface area contributed by atoms with Gasteiger partial charge in [-0.3, -0.25) is 0 Å². The molecule has 4 aromatic rings. The third kappa shape index (κ3) is 3.10. The van der Waals surface area contributed by atoms with Gasteiger partial charge in [-0.1, -0.05) is 17.7 Å². The molecule has 0 aliphatic heterocycles. The fourth-order valence-electron chi connectivity index (χ4n) is 3.29. The van der Waals surface area contributed by atoms with Gasteiger partial charge in [-0.15, -0.1) is 0 Å². The number of aromatic nitrogens is 2. The molecule has 29 heavy (non-hydrogen) atoms. The lowest BCUT2D eigenvalue weighted by Gasteiger charge is -2.10. The van der Waals surface area contributed by atoms with Crippen LogP contribution in [0.1, 0.15) is 10.5 Å². The Bertz CT molecular complexity index is 1390. The highest BCUT2D eigenvalue weighted by Crippen LogP contribution is 2.37. The van der Waals surface area contributed by atoms with Gasteiger partial charge in [-0.25, -0.2) is 17.9 Å². The van der Waals surface area contributed by atoms with Crippen molar-refractivity contribution in [3.05, 3.63) is 59.2 Å². The molecule has 0 bridgehead atoms. The van der Waals surface area contributed by atoms with Gasteiger partial charge in [-0.05, 0) is 42.5 Å². The predicted octanol–water partition coefficient (Wildman–Crippen LogP) is 3.94. The number of fused-ring (bicyclic) bond motifs is 3. The Labute approximate surface area is 171 Å². The number of sulfone groups is 1. The number of methoxy groups -OCH3 is 1. The van der Waals surface area contributed by atoms with E-state index in [1.165, 1.54) is 23.9 Å². The number of nitrogens with zero attached hydrogens (tertiary/aromatic N) is 2. The standard InChI is InChI=1S/C20H15ClN2O5S/c1-28-16-10-9-14-13(17(16)21)7-8-15-18(20(24)25)22-23(19(14)15)11-3-5-12(6-4-11)29(2,26)27/h3-10H,1-2H3,(H,24,25). The second kappa shape index (κ2) is 6.75. The van der Waals surface area contributed by atoms with Crippen LogP contribution in [0.15, 0.2) is 53.4 Å². The molecule has 1 heterocycles. The van der Waals surface area contributed by atoms with Gasteiger partial charge in [0.15, 0.2) is 15.5 Å². The highest BCUT2D eigenvalue weighted by Gasteiger charge is 2.21. The average Bonchev–Trinajstić information content (AvgIpc) is 3.08. The summed E-state index contributed by atoms with van der Waals surface area (Å²) in [7, 11) is -1.84. The molecule has 0 amide bonds. The van der Waals surface area contributed by atoms with Crippen LogP contribution >= 0.6 is 11.6 Å². The first-order chi connectivity index (χ1) is 13.7. The SMILES string of the molecule is COc1ccc2c(ccc3c(C(=O)O)nn(-c4ccc(S(C)(=O)=O)cc4)c32)c1Cl. The molecule has 4 rings (SSSR count). The molecule has 0 atom stereocenters. The zero-order chi connectivity index (χ0) is 20.9. The summed E-state index contributed by atoms with van der Waals surface area (Å²) in [5, 5.41) is 16.1. The first-order valence-electron chi connectivity index (χ1n) is 8.44. The monoisotopic (exact) mass is 430 g/mol. The number of halogens is 1. The van der Waals surface area contributed by atoms with E-state index in [1.807, 2.05) is 0 Å². The highest BCUT2D eigenvalue weighted by molar-refractivity contribution is 7.90. The minimum atomic E-state index is -3.36. The number of rotatable bonds is 4. The maximum Gasteiger partial charge on any atom is 0.357 e. The van der Waals surface area contributed by atoms with E-state index in [0.29, 0.717) is 38.1 Å². The van der Waals surface area contributed by atoms with E-state index in [9.17, 15) is 18.3 Å². The van der Waals surface area contributed by atoms with Gasteiger partial charge in [0.1, 0.15) is 5.75 Å². The first-order valence-corrected chi connectivity index (χ1v) is 10.7. The van der Waals surface area contributed by atoms with Crippen LogP contribution in [0.5, 0.6) is 5.75 Å². The molecule has 0 aliphatic carbocycles. The van der Waals surface area contributed by atoms with E-state index in [-0.39, 0.29) is 10.6 Å². The zero-order valence-electron chi connectivity index (χ0n) is 15.4. The molecule has 0 fully saturated rings. The lowest BCUT2D eigenvalue weighted by atomic mass is 10.1. The van der Waals surface area contributed by atoms with Gasteiger partial charge in [0.05, 0.1) is 28.2 Å². The number of carbonyl (C=O) groups is 1.